The van der Waals surface area contributed by atoms with Crippen molar-refractivity contribution >= 4 is 21.8 Å². The number of amides is 2. The number of phenolic OH excluding ortho intramolecular Hbond substituents is 1. The van der Waals surface area contributed by atoms with E-state index in [9.17, 15) is 36.3 Å². The number of aromatic hydroxyl groups is 1. The molecule has 2 aromatic carbocycles. The summed E-state index contributed by atoms with van der Waals surface area (Å²) in [6.45, 7) is 0.297. The van der Waals surface area contributed by atoms with E-state index in [1.165, 1.54) is 18.2 Å². The molecule has 0 atom stereocenters. The van der Waals surface area contributed by atoms with Crippen molar-refractivity contribution < 1.29 is 41.0 Å². The summed E-state index contributed by atoms with van der Waals surface area (Å²) in [5.74, 6) is -1.38. The number of carbonyl (C=O) groups excluding carboxylic acids is 2. The topological polar surface area (TPSA) is 134 Å². The first-order chi connectivity index (χ1) is 15.5. The third kappa shape index (κ3) is 9.37. The molecule has 4 N–H and O–H groups in total. The summed E-state index contributed by atoms with van der Waals surface area (Å²) in [5, 5.41) is 14.6. The number of phenols is 1. The highest BCUT2D eigenvalue weighted by molar-refractivity contribution is 7.89. The minimum absolute atomic E-state index is 0.0296. The van der Waals surface area contributed by atoms with Crippen molar-refractivity contribution in [2.45, 2.75) is 24.1 Å². The lowest BCUT2D eigenvalue weighted by molar-refractivity contribution is -0.274. The van der Waals surface area contributed by atoms with Gasteiger partial charge in [0.05, 0.1) is 4.90 Å². The maximum atomic E-state index is 12.2. The standard InChI is InChI=1S/C20H22F3N3O6S/c21-20(22,23)32-16-5-7-17(8-6-16)33(30,31)26-12-9-18(28)24-10-2-11-25-19(29)14-3-1-4-15(27)13-14/h1,3-8,13,26-27H,2,9-12H2,(H,24,28)(H,25,29). The number of hydrogen-bond donors (Lipinski definition) is 4. The molecule has 2 aromatic rings. The number of benzene rings is 2. The van der Waals surface area contributed by atoms with E-state index in [-0.39, 0.29) is 42.6 Å². The Morgan fingerprint density at radius 2 is 1.64 bits per heavy atom. The largest absolute Gasteiger partial charge is 0.573 e. The molecule has 0 bridgehead atoms. The number of alkyl halides is 3. The van der Waals surface area contributed by atoms with Crippen LogP contribution in [0.4, 0.5) is 13.2 Å². The predicted octanol–water partition coefficient (Wildman–Crippen LogP) is 1.90. The van der Waals surface area contributed by atoms with E-state index in [2.05, 4.69) is 20.1 Å². The molecular weight excluding hydrogens is 467 g/mol. The van der Waals surface area contributed by atoms with Gasteiger partial charge in [-0.05, 0) is 48.9 Å². The highest BCUT2D eigenvalue weighted by atomic mass is 32.2. The summed E-state index contributed by atoms with van der Waals surface area (Å²) in [7, 11) is -4.02. The number of hydrogen-bond acceptors (Lipinski definition) is 6. The van der Waals surface area contributed by atoms with E-state index >= 15 is 0 Å². The Balaban J connectivity index is 1.65. The van der Waals surface area contributed by atoms with E-state index in [1.807, 2.05) is 0 Å². The van der Waals surface area contributed by atoms with Gasteiger partial charge in [-0.15, -0.1) is 13.2 Å². The van der Waals surface area contributed by atoms with Crippen LogP contribution in [-0.2, 0) is 14.8 Å². The van der Waals surface area contributed by atoms with Crippen LogP contribution in [0.2, 0.25) is 0 Å². The van der Waals surface area contributed by atoms with Gasteiger partial charge in [0.15, 0.2) is 0 Å². The number of halogens is 3. The molecule has 0 saturated carbocycles. The Labute approximate surface area is 188 Å². The monoisotopic (exact) mass is 489 g/mol. The lowest BCUT2D eigenvalue weighted by atomic mass is 10.2. The van der Waals surface area contributed by atoms with Gasteiger partial charge < -0.3 is 20.5 Å². The van der Waals surface area contributed by atoms with Crippen molar-refractivity contribution in [2.75, 3.05) is 19.6 Å². The average molecular weight is 489 g/mol. The van der Waals surface area contributed by atoms with Crippen molar-refractivity contribution in [1.82, 2.24) is 15.4 Å². The van der Waals surface area contributed by atoms with Gasteiger partial charge in [0.2, 0.25) is 15.9 Å². The fourth-order valence-electron chi connectivity index (χ4n) is 2.56. The van der Waals surface area contributed by atoms with Crippen LogP contribution >= 0.6 is 0 Å². The van der Waals surface area contributed by atoms with Gasteiger partial charge in [-0.25, -0.2) is 13.1 Å². The molecule has 0 aliphatic heterocycles. The van der Waals surface area contributed by atoms with Crippen LogP contribution < -0.4 is 20.1 Å². The molecule has 0 spiro atoms. The van der Waals surface area contributed by atoms with Crippen LogP contribution in [0.3, 0.4) is 0 Å². The number of ether oxygens (including phenoxy) is 1. The zero-order valence-corrected chi connectivity index (χ0v) is 18.0. The summed E-state index contributed by atoms with van der Waals surface area (Å²) in [4.78, 5) is 23.4. The minimum atomic E-state index is -4.89. The fraction of sp³-hybridized carbons (Fsp3) is 0.300. The molecule has 9 nitrogen and oxygen atoms in total. The SMILES string of the molecule is O=C(CCNS(=O)(=O)c1ccc(OC(F)(F)F)cc1)NCCCNC(=O)c1cccc(O)c1. The zero-order chi connectivity index (χ0) is 24.5. The minimum Gasteiger partial charge on any atom is -0.508 e. The van der Waals surface area contributed by atoms with Crippen LogP contribution in [0.15, 0.2) is 53.4 Å². The van der Waals surface area contributed by atoms with Crippen molar-refractivity contribution in [3.05, 3.63) is 54.1 Å². The van der Waals surface area contributed by atoms with E-state index in [0.29, 0.717) is 12.0 Å². The van der Waals surface area contributed by atoms with Gasteiger partial charge in [0, 0.05) is 31.6 Å². The van der Waals surface area contributed by atoms with E-state index in [0.717, 1.165) is 24.3 Å². The average Bonchev–Trinajstić information content (AvgIpc) is 2.72. The fourth-order valence-corrected chi connectivity index (χ4v) is 3.59. The summed E-state index contributed by atoms with van der Waals surface area (Å²) in [6.07, 6.45) is -4.62. The number of nitrogens with one attached hydrogen (secondary N) is 3. The Hall–Kier alpha value is -3.32. The highest BCUT2D eigenvalue weighted by Crippen LogP contribution is 2.23. The lowest BCUT2D eigenvalue weighted by Crippen LogP contribution is -2.32. The second-order valence-corrected chi connectivity index (χ2v) is 8.44. The first kappa shape index (κ1) is 25.9. The molecular formula is C20H22F3N3O6S. The van der Waals surface area contributed by atoms with Crippen LogP contribution in [0.1, 0.15) is 23.2 Å². The van der Waals surface area contributed by atoms with Crippen molar-refractivity contribution in [3.63, 3.8) is 0 Å². The third-order valence-electron chi connectivity index (χ3n) is 4.08. The smallest absolute Gasteiger partial charge is 0.508 e. The first-order valence-corrected chi connectivity index (χ1v) is 11.1. The summed E-state index contributed by atoms with van der Waals surface area (Å²) in [6, 6.07) is 9.49. The lowest BCUT2D eigenvalue weighted by Gasteiger charge is -2.10. The van der Waals surface area contributed by atoms with Crippen LogP contribution in [0.5, 0.6) is 11.5 Å². The molecule has 0 saturated heterocycles. The van der Waals surface area contributed by atoms with Crippen LogP contribution in [0, 0.1) is 0 Å². The highest BCUT2D eigenvalue weighted by Gasteiger charge is 2.31. The summed E-state index contributed by atoms with van der Waals surface area (Å²) in [5.41, 5.74) is 0.300. The summed E-state index contributed by atoms with van der Waals surface area (Å²) >= 11 is 0. The molecule has 2 amide bonds. The zero-order valence-electron chi connectivity index (χ0n) is 17.2. The number of carbonyl (C=O) groups is 2. The van der Waals surface area contributed by atoms with Gasteiger partial charge in [0.25, 0.3) is 5.91 Å². The molecule has 0 aromatic heterocycles. The first-order valence-electron chi connectivity index (χ1n) is 9.66. The van der Waals surface area contributed by atoms with Gasteiger partial charge >= 0.3 is 6.36 Å². The molecule has 2 rings (SSSR count). The molecule has 13 heteroatoms. The Bertz CT molecular complexity index is 1060. The molecule has 0 radical (unpaired) electrons. The molecule has 0 aliphatic carbocycles. The molecule has 0 unspecified atom stereocenters. The van der Waals surface area contributed by atoms with Gasteiger partial charge in [-0.3, -0.25) is 9.59 Å². The second-order valence-electron chi connectivity index (χ2n) is 6.68. The Morgan fingerprint density at radius 3 is 2.27 bits per heavy atom. The van der Waals surface area contributed by atoms with Crippen molar-refractivity contribution in [3.8, 4) is 11.5 Å². The molecule has 0 heterocycles. The van der Waals surface area contributed by atoms with Crippen LogP contribution in [0.25, 0.3) is 0 Å². The molecule has 33 heavy (non-hydrogen) atoms. The normalized spacial score (nSPS) is 11.6. The third-order valence-corrected chi connectivity index (χ3v) is 5.56. The summed E-state index contributed by atoms with van der Waals surface area (Å²) < 4.78 is 66.6. The number of sulfonamides is 1. The Kier molecular flexibility index (Phi) is 9.05. The van der Waals surface area contributed by atoms with E-state index < -0.39 is 28.0 Å². The predicted molar refractivity (Wildman–Crippen MR) is 111 cm³/mol. The van der Waals surface area contributed by atoms with Crippen molar-refractivity contribution in [1.29, 1.82) is 0 Å². The van der Waals surface area contributed by atoms with Crippen LogP contribution in [-0.4, -0.2) is 51.3 Å². The van der Waals surface area contributed by atoms with Crippen molar-refractivity contribution in [2.24, 2.45) is 0 Å². The molecule has 0 aliphatic rings. The molecule has 180 valence electrons. The van der Waals surface area contributed by atoms with Gasteiger partial charge in [0.1, 0.15) is 11.5 Å². The quantitative estimate of drug-likeness (QED) is 0.356. The molecule has 0 fully saturated rings. The van der Waals surface area contributed by atoms with Gasteiger partial charge in [-0.1, -0.05) is 6.07 Å². The Morgan fingerprint density at radius 1 is 0.970 bits per heavy atom. The maximum absolute atomic E-state index is 12.2. The van der Waals surface area contributed by atoms with Gasteiger partial charge in [-0.2, -0.15) is 0 Å². The maximum Gasteiger partial charge on any atom is 0.573 e. The van der Waals surface area contributed by atoms with E-state index in [4.69, 9.17) is 0 Å². The van der Waals surface area contributed by atoms with E-state index in [1.54, 1.807) is 6.07 Å². The number of rotatable bonds is 11. The second kappa shape index (κ2) is 11.5.